The van der Waals surface area contributed by atoms with Gasteiger partial charge in [-0.1, -0.05) is 115 Å². The fraction of sp³-hybridized carbons (Fsp3) is 0.833. The normalized spacial score (nSPS) is 19.8. The second-order valence-electron chi connectivity index (χ2n) is 15.8. The van der Waals surface area contributed by atoms with E-state index in [1.54, 1.807) is 12.2 Å². The molecular formula is C42H76O16P2. The van der Waals surface area contributed by atoms with Crippen molar-refractivity contribution >= 4 is 33.4 Å². The van der Waals surface area contributed by atoms with Crippen LogP contribution in [0.5, 0.6) is 0 Å². The van der Waals surface area contributed by atoms with Crippen LogP contribution in [0.1, 0.15) is 162 Å². The number of Topliss-reactive ketones (excluding diaryl/α,β-unsaturated/α-hetero) is 1. The number of aliphatic hydroxyl groups is 3. The van der Waals surface area contributed by atoms with Crippen molar-refractivity contribution < 1.29 is 76.6 Å². The average Bonchev–Trinajstić information content (AvgIpc) is 3.46. The highest BCUT2D eigenvalue weighted by atomic mass is 31.2. The van der Waals surface area contributed by atoms with Crippen molar-refractivity contribution in [1.29, 1.82) is 0 Å². The molecule has 18 heteroatoms. The van der Waals surface area contributed by atoms with E-state index in [1.165, 1.54) is 25.7 Å². The quantitative estimate of drug-likeness (QED) is 0.0150. The number of unbranched alkanes of at least 4 members (excludes halogenated alkanes) is 14. The van der Waals surface area contributed by atoms with Gasteiger partial charge < -0.3 is 39.5 Å². The van der Waals surface area contributed by atoms with E-state index in [0.717, 1.165) is 64.2 Å². The number of ether oxygens (including phenoxy) is 2. The number of hydrogen-bond donors (Lipinski definition) is 6. The van der Waals surface area contributed by atoms with Crippen LogP contribution >= 0.6 is 15.6 Å². The van der Waals surface area contributed by atoms with E-state index in [-0.39, 0.29) is 31.0 Å². The van der Waals surface area contributed by atoms with Gasteiger partial charge in [0.15, 0.2) is 6.10 Å². The number of carbonyl (C=O) groups excluding carboxylic acids is 3. The zero-order valence-corrected chi connectivity index (χ0v) is 37.8. The molecule has 0 bridgehead atoms. The van der Waals surface area contributed by atoms with Gasteiger partial charge in [-0.3, -0.25) is 28.0 Å². The molecule has 0 heterocycles. The Morgan fingerprint density at radius 1 is 0.717 bits per heavy atom. The molecule has 1 fully saturated rings. The molecule has 0 radical (unpaired) electrons. The van der Waals surface area contributed by atoms with E-state index in [4.69, 9.17) is 23.8 Å². The molecule has 60 heavy (non-hydrogen) atoms. The SMILES string of the molecule is CCCCCC/C=C\CCCCCCCC(=O)OC[C@H](COP(=O)(O)OC[C@@H](O)COP(=O)(O)O)OC(=O)CCCCCC[C@H]1[C@@H](O)CC(=O)[C@@H]1/C=C/[C@@H](O)CCCCC. The van der Waals surface area contributed by atoms with Gasteiger partial charge in [-0.05, 0) is 57.3 Å². The summed E-state index contributed by atoms with van der Waals surface area (Å²) >= 11 is 0. The van der Waals surface area contributed by atoms with Crippen LogP contribution in [0.15, 0.2) is 24.3 Å². The molecule has 0 aliphatic heterocycles. The predicted molar refractivity (Wildman–Crippen MR) is 226 cm³/mol. The number of carbonyl (C=O) groups is 3. The van der Waals surface area contributed by atoms with Crippen molar-refractivity contribution in [3.05, 3.63) is 24.3 Å². The molecular weight excluding hydrogens is 822 g/mol. The molecule has 0 amide bonds. The number of allylic oxidation sites excluding steroid dienone is 3. The smallest absolute Gasteiger partial charge is 0.462 e. The summed E-state index contributed by atoms with van der Waals surface area (Å²) in [6.07, 6.45) is 22.2. The Morgan fingerprint density at radius 2 is 1.27 bits per heavy atom. The Kier molecular flexibility index (Phi) is 31.6. The van der Waals surface area contributed by atoms with Gasteiger partial charge in [0.2, 0.25) is 0 Å². The molecule has 6 N–H and O–H groups in total. The Labute approximate surface area is 357 Å². The fourth-order valence-electron chi connectivity index (χ4n) is 6.78. The Morgan fingerprint density at radius 3 is 1.92 bits per heavy atom. The molecule has 1 unspecified atom stereocenters. The zero-order chi connectivity index (χ0) is 44.7. The van der Waals surface area contributed by atoms with Crippen LogP contribution in [0.3, 0.4) is 0 Å². The first-order valence-corrected chi connectivity index (χ1v) is 25.2. The summed E-state index contributed by atoms with van der Waals surface area (Å²) in [6, 6.07) is 0. The monoisotopic (exact) mass is 898 g/mol. The van der Waals surface area contributed by atoms with E-state index < -0.39 is 84.3 Å². The van der Waals surface area contributed by atoms with Crippen LogP contribution in [0, 0.1) is 11.8 Å². The Bertz CT molecular complexity index is 1320. The Hall–Kier alpha value is -1.81. The highest BCUT2D eigenvalue weighted by Crippen LogP contribution is 2.44. The van der Waals surface area contributed by atoms with Gasteiger partial charge in [0, 0.05) is 25.2 Å². The molecule has 350 valence electrons. The number of hydrogen-bond acceptors (Lipinski definition) is 13. The van der Waals surface area contributed by atoms with Gasteiger partial charge >= 0.3 is 27.6 Å². The molecule has 16 nitrogen and oxygen atoms in total. The van der Waals surface area contributed by atoms with E-state index in [0.29, 0.717) is 38.5 Å². The summed E-state index contributed by atoms with van der Waals surface area (Å²) < 4.78 is 47.8. The van der Waals surface area contributed by atoms with E-state index in [1.807, 2.05) is 0 Å². The molecule has 1 saturated carbocycles. The van der Waals surface area contributed by atoms with Crippen LogP contribution in [-0.2, 0) is 46.6 Å². The summed E-state index contributed by atoms with van der Waals surface area (Å²) in [4.78, 5) is 65.4. The van der Waals surface area contributed by atoms with E-state index in [2.05, 4.69) is 35.0 Å². The second kappa shape index (κ2) is 33.7. The van der Waals surface area contributed by atoms with Crippen LogP contribution in [0.25, 0.3) is 0 Å². The molecule has 1 aliphatic carbocycles. The third-order valence-electron chi connectivity index (χ3n) is 10.2. The lowest BCUT2D eigenvalue weighted by molar-refractivity contribution is -0.161. The van der Waals surface area contributed by atoms with Crippen molar-refractivity contribution in [2.45, 2.75) is 186 Å². The third-order valence-corrected chi connectivity index (χ3v) is 11.6. The van der Waals surface area contributed by atoms with Gasteiger partial charge in [-0.25, -0.2) is 9.13 Å². The van der Waals surface area contributed by atoms with E-state index >= 15 is 0 Å². The minimum absolute atomic E-state index is 0.00985. The minimum Gasteiger partial charge on any atom is -0.462 e. The summed E-state index contributed by atoms with van der Waals surface area (Å²) in [6.45, 7) is 1.36. The maximum absolute atomic E-state index is 12.8. The number of esters is 2. The average molecular weight is 899 g/mol. The van der Waals surface area contributed by atoms with Crippen molar-refractivity contribution in [3.8, 4) is 0 Å². The largest absolute Gasteiger partial charge is 0.472 e. The molecule has 0 saturated heterocycles. The lowest BCUT2D eigenvalue weighted by Crippen LogP contribution is -2.30. The fourth-order valence-corrected chi connectivity index (χ4v) is 7.93. The first-order valence-electron chi connectivity index (χ1n) is 22.1. The third kappa shape index (κ3) is 30.3. The molecule has 1 rings (SSSR count). The van der Waals surface area contributed by atoms with Crippen molar-refractivity contribution in [3.63, 3.8) is 0 Å². The molecule has 0 aromatic heterocycles. The summed E-state index contributed by atoms with van der Waals surface area (Å²) in [5.41, 5.74) is 0. The minimum atomic E-state index is -4.90. The first kappa shape index (κ1) is 56.2. The van der Waals surface area contributed by atoms with Gasteiger partial charge in [0.1, 0.15) is 18.5 Å². The molecule has 7 atom stereocenters. The highest BCUT2D eigenvalue weighted by Gasteiger charge is 2.39. The lowest BCUT2D eigenvalue weighted by Gasteiger charge is -2.20. The maximum Gasteiger partial charge on any atom is 0.472 e. The molecule has 0 spiro atoms. The summed E-state index contributed by atoms with van der Waals surface area (Å²) in [5.74, 6) is -1.92. The predicted octanol–water partition coefficient (Wildman–Crippen LogP) is 7.71. The second-order valence-corrected chi connectivity index (χ2v) is 18.4. The van der Waals surface area contributed by atoms with Gasteiger partial charge in [-0.2, -0.15) is 0 Å². The number of aliphatic hydroxyl groups excluding tert-OH is 3. The van der Waals surface area contributed by atoms with Crippen molar-refractivity contribution in [2.24, 2.45) is 11.8 Å². The number of phosphoric acid groups is 2. The van der Waals surface area contributed by atoms with Crippen LogP contribution < -0.4 is 0 Å². The first-order chi connectivity index (χ1) is 28.6. The lowest BCUT2D eigenvalue weighted by atomic mass is 9.88. The maximum atomic E-state index is 12.8. The number of phosphoric ester groups is 2. The summed E-state index contributed by atoms with van der Waals surface area (Å²) in [7, 11) is -9.77. The van der Waals surface area contributed by atoms with Gasteiger partial charge in [0.05, 0.1) is 32.0 Å². The molecule has 0 aromatic carbocycles. The Balaban J connectivity index is 2.56. The molecule has 0 aromatic rings. The van der Waals surface area contributed by atoms with Crippen LogP contribution in [0.2, 0.25) is 0 Å². The summed E-state index contributed by atoms with van der Waals surface area (Å²) in [5, 5.41) is 30.5. The number of ketones is 1. The molecule has 1 aliphatic rings. The van der Waals surface area contributed by atoms with Crippen molar-refractivity contribution in [1.82, 2.24) is 0 Å². The van der Waals surface area contributed by atoms with E-state index in [9.17, 15) is 43.7 Å². The topological polar surface area (TPSA) is 253 Å². The standard InChI is InChI=1S/C42H76O16P2/c1-3-5-7-8-9-10-11-12-13-14-15-16-21-25-41(47)54-32-36(33-57-60(52,53)56-31-35(44)30-55-59(49,50)51)58-42(48)26-22-18-17-20-24-37-38(40(46)29-39(37)45)28-27-34(43)23-19-6-4-2/h10-11,27-28,34-39,43-45H,3-9,12-26,29-33H2,1-2H3,(H,52,53)(H2,49,50,51)/b11-10-,28-27+/t34-,35-,36+,37+,38+,39-/m0/s1. The highest BCUT2D eigenvalue weighted by molar-refractivity contribution is 7.47. The number of rotatable bonds is 38. The van der Waals surface area contributed by atoms with Crippen LogP contribution in [-0.4, -0.2) is 98.6 Å². The van der Waals surface area contributed by atoms with Crippen molar-refractivity contribution in [2.75, 3.05) is 26.4 Å². The van der Waals surface area contributed by atoms with Crippen LogP contribution in [0.4, 0.5) is 0 Å². The van der Waals surface area contributed by atoms with Gasteiger partial charge in [-0.15, -0.1) is 0 Å². The van der Waals surface area contributed by atoms with Gasteiger partial charge in [0.25, 0.3) is 0 Å². The zero-order valence-electron chi connectivity index (χ0n) is 36.0.